The average Bonchev–Trinajstić information content (AvgIpc) is 3.06. The lowest BCUT2D eigenvalue weighted by molar-refractivity contribution is -0.140. The van der Waals surface area contributed by atoms with Gasteiger partial charge in [0, 0.05) is 29.8 Å². The molecule has 0 unspecified atom stereocenters. The molecule has 0 radical (unpaired) electrons. The molecule has 2 heterocycles. The summed E-state index contributed by atoms with van der Waals surface area (Å²) in [4.78, 5) is 12.0. The van der Waals surface area contributed by atoms with E-state index in [4.69, 9.17) is 4.74 Å². The van der Waals surface area contributed by atoms with Crippen molar-refractivity contribution in [2.75, 3.05) is 14.2 Å². The molecule has 0 aliphatic carbocycles. The number of aryl methyl sites for hydroxylation is 1. The second kappa shape index (κ2) is 10.1. The quantitative estimate of drug-likeness (QED) is 0.362. The fourth-order valence-corrected chi connectivity index (χ4v) is 3.06. The van der Waals surface area contributed by atoms with Gasteiger partial charge in [-0.25, -0.2) is 4.98 Å². The predicted octanol–water partition coefficient (Wildman–Crippen LogP) is 3.67. The van der Waals surface area contributed by atoms with E-state index in [0.29, 0.717) is 17.5 Å². The Balaban J connectivity index is 0.00000364. The van der Waals surface area contributed by atoms with Crippen molar-refractivity contribution >= 4 is 41.3 Å². The first-order valence-corrected chi connectivity index (χ1v) is 8.59. The molecule has 6 nitrogen and oxygen atoms in total. The van der Waals surface area contributed by atoms with Gasteiger partial charge < -0.3 is 15.4 Å². The average molecular weight is 515 g/mol. The maximum atomic E-state index is 12.6. The molecule has 0 amide bonds. The number of ether oxygens (including phenoxy) is 1. The number of nitrogens with zero attached hydrogens (tertiary/aromatic N) is 3. The Bertz CT molecular complexity index is 795. The summed E-state index contributed by atoms with van der Waals surface area (Å²) in [6.07, 6.45) is -2.70. The van der Waals surface area contributed by atoms with Crippen LogP contribution in [0.15, 0.2) is 16.6 Å². The van der Waals surface area contributed by atoms with Gasteiger partial charge in [0.25, 0.3) is 0 Å². The van der Waals surface area contributed by atoms with E-state index in [0.717, 1.165) is 39.3 Å². The molecule has 2 N–H and O–H groups in total. The highest BCUT2D eigenvalue weighted by Crippen LogP contribution is 2.30. The molecule has 0 atom stereocenters. The van der Waals surface area contributed by atoms with Crippen LogP contribution in [0.4, 0.5) is 13.2 Å². The van der Waals surface area contributed by atoms with Crippen LogP contribution < -0.4 is 15.4 Å². The van der Waals surface area contributed by atoms with Crippen LogP contribution in [0.25, 0.3) is 0 Å². The largest absolute Gasteiger partial charge is 0.496 e. The van der Waals surface area contributed by atoms with Gasteiger partial charge in [-0.2, -0.15) is 13.2 Å². The number of pyridine rings is 1. The summed E-state index contributed by atoms with van der Waals surface area (Å²) >= 11 is 0.947. The van der Waals surface area contributed by atoms with Crippen LogP contribution in [0.2, 0.25) is 0 Å². The third-order valence-corrected chi connectivity index (χ3v) is 4.49. The molecule has 2 aromatic heterocycles. The summed E-state index contributed by atoms with van der Waals surface area (Å²) in [7, 11) is 3.19. The van der Waals surface area contributed by atoms with Gasteiger partial charge in [0.2, 0.25) is 0 Å². The van der Waals surface area contributed by atoms with E-state index < -0.39 is 11.9 Å². The summed E-state index contributed by atoms with van der Waals surface area (Å²) in [5.41, 5.74) is 1.78. The smallest absolute Gasteiger partial charge is 0.434 e. The highest BCUT2D eigenvalue weighted by molar-refractivity contribution is 14.0. The Kier molecular flexibility index (Phi) is 8.72. The molecule has 27 heavy (non-hydrogen) atoms. The Morgan fingerprint density at radius 1 is 1.26 bits per heavy atom. The zero-order chi connectivity index (χ0) is 19.3. The Hall–Kier alpha value is -1.63. The van der Waals surface area contributed by atoms with Gasteiger partial charge in [0.1, 0.15) is 10.8 Å². The number of alkyl halides is 3. The Morgan fingerprint density at radius 2 is 1.93 bits per heavy atom. The number of aliphatic imine (C=N–C) groups is 1. The number of hydrogen-bond acceptors (Lipinski definition) is 5. The molecular formula is C16H21F3IN5OS. The van der Waals surface area contributed by atoms with E-state index in [1.165, 1.54) is 0 Å². The van der Waals surface area contributed by atoms with Crippen LogP contribution in [0.3, 0.4) is 0 Å². The number of methoxy groups -OCH3 is 1. The van der Waals surface area contributed by atoms with Crippen LogP contribution in [0.5, 0.6) is 5.75 Å². The topological polar surface area (TPSA) is 71.4 Å². The highest BCUT2D eigenvalue weighted by Gasteiger charge is 2.33. The maximum absolute atomic E-state index is 12.6. The Labute approximate surface area is 176 Å². The minimum Gasteiger partial charge on any atom is -0.496 e. The Morgan fingerprint density at radius 3 is 2.48 bits per heavy atom. The molecule has 0 bridgehead atoms. The first-order valence-electron chi connectivity index (χ1n) is 7.71. The number of aromatic nitrogens is 2. The van der Waals surface area contributed by atoms with E-state index in [1.807, 2.05) is 13.8 Å². The number of hydrogen-bond donors (Lipinski definition) is 2. The standard InChI is InChI=1S/C16H20F3N5OS.HI/c1-9-5-21-11(10(2)14(9)25-4)6-22-15(20-3)23-7-13-24-12(8-26-13)16(17,18)19;/h5,8H,6-7H2,1-4H3,(H2,20,22,23);1H. The molecule has 0 aliphatic rings. The van der Waals surface area contributed by atoms with Gasteiger partial charge in [-0.15, -0.1) is 35.3 Å². The third-order valence-electron chi connectivity index (χ3n) is 3.65. The van der Waals surface area contributed by atoms with Crippen molar-refractivity contribution < 1.29 is 17.9 Å². The lowest BCUT2D eigenvalue weighted by Crippen LogP contribution is -2.36. The molecule has 2 rings (SSSR count). The summed E-state index contributed by atoms with van der Waals surface area (Å²) in [5, 5.41) is 7.35. The summed E-state index contributed by atoms with van der Waals surface area (Å²) in [6.45, 7) is 4.37. The summed E-state index contributed by atoms with van der Waals surface area (Å²) < 4.78 is 43.1. The minimum absolute atomic E-state index is 0. The summed E-state index contributed by atoms with van der Waals surface area (Å²) in [6, 6.07) is 0. The normalized spacial score (nSPS) is 11.7. The lowest BCUT2D eigenvalue weighted by Gasteiger charge is -2.14. The van der Waals surface area contributed by atoms with Crippen LogP contribution in [-0.4, -0.2) is 30.1 Å². The monoisotopic (exact) mass is 515 g/mol. The molecule has 2 aromatic rings. The van der Waals surface area contributed by atoms with Crippen molar-refractivity contribution in [3.05, 3.63) is 39.1 Å². The number of rotatable bonds is 5. The van der Waals surface area contributed by atoms with Crippen molar-refractivity contribution in [1.82, 2.24) is 20.6 Å². The zero-order valence-corrected chi connectivity index (χ0v) is 18.4. The van der Waals surface area contributed by atoms with Crippen LogP contribution in [0, 0.1) is 13.8 Å². The number of thiazole rings is 1. The third kappa shape index (κ3) is 6.19. The van der Waals surface area contributed by atoms with Gasteiger partial charge in [-0.05, 0) is 13.8 Å². The number of guanidine groups is 1. The highest BCUT2D eigenvalue weighted by atomic mass is 127. The number of nitrogens with one attached hydrogen (secondary N) is 2. The van der Waals surface area contributed by atoms with E-state index in [-0.39, 0.29) is 30.5 Å². The molecule has 0 aliphatic heterocycles. The minimum atomic E-state index is -4.43. The van der Waals surface area contributed by atoms with E-state index in [2.05, 4.69) is 25.6 Å². The van der Waals surface area contributed by atoms with Gasteiger partial charge in [0.05, 0.1) is 25.9 Å². The van der Waals surface area contributed by atoms with E-state index in [9.17, 15) is 13.2 Å². The van der Waals surface area contributed by atoms with Crippen molar-refractivity contribution in [1.29, 1.82) is 0 Å². The lowest BCUT2D eigenvalue weighted by atomic mass is 10.1. The molecule has 0 saturated heterocycles. The fraction of sp³-hybridized carbons (Fsp3) is 0.438. The predicted molar refractivity (Wildman–Crippen MR) is 110 cm³/mol. The second-order valence-electron chi connectivity index (χ2n) is 5.45. The molecule has 0 fully saturated rings. The van der Waals surface area contributed by atoms with Crippen LogP contribution in [0.1, 0.15) is 27.5 Å². The van der Waals surface area contributed by atoms with Gasteiger partial charge >= 0.3 is 6.18 Å². The van der Waals surface area contributed by atoms with E-state index >= 15 is 0 Å². The first-order chi connectivity index (χ1) is 12.3. The molecule has 11 heteroatoms. The van der Waals surface area contributed by atoms with Crippen molar-refractivity contribution in [3.8, 4) is 5.75 Å². The van der Waals surface area contributed by atoms with Gasteiger partial charge in [-0.3, -0.25) is 9.98 Å². The first kappa shape index (κ1) is 23.4. The molecule has 0 saturated carbocycles. The van der Waals surface area contributed by atoms with Gasteiger partial charge in [-0.1, -0.05) is 0 Å². The van der Waals surface area contributed by atoms with Gasteiger partial charge in [0.15, 0.2) is 11.7 Å². The van der Waals surface area contributed by atoms with E-state index in [1.54, 1.807) is 20.4 Å². The molecular weight excluding hydrogens is 494 g/mol. The van der Waals surface area contributed by atoms with Crippen LogP contribution >= 0.6 is 35.3 Å². The van der Waals surface area contributed by atoms with Crippen molar-refractivity contribution in [3.63, 3.8) is 0 Å². The summed E-state index contributed by atoms with van der Waals surface area (Å²) in [5.74, 6) is 1.22. The van der Waals surface area contributed by atoms with Crippen molar-refractivity contribution in [2.45, 2.75) is 33.1 Å². The number of halogens is 4. The zero-order valence-electron chi connectivity index (χ0n) is 15.3. The SMILES string of the molecule is CN=C(NCc1nc(C(F)(F)F)cs1)NCc1ncc(C)c(OC)c1C.I. The van der Waals surface area contributed by atoms with Crippen LogP contribution in [-0.2, 0) is 19.3 Å². The van der Waals surface area contributed by atoms with Crippen molar-refractivity contribution in [2.24, 2.45) is 4.99 Å². The second-order valence-corrected chi connectivity index (χ2v) is 6.39. The molecule has 0 aromatic carbocycles. The fourth-order valence-electron chi connectivity index (χ4n) is 2.32. The maximum Gasteiger partial charge on any atom is 0.434 e. The molecule has 150 valence electrons. The molecule has 0 spiro atoms.